The number of piperidine rings is 1. The summed E-state index contributed by atoms with van der Waals surface area (Å²) in [5.74, 6) is 1.25. The lowest BCUT2D eigenvalue weighted by Crippen LogP contribution is -2.34. The van der Waals surface area contributed by atoms with E-state index in [1.54, 1.807) is 4.52 Å². The number of hydrogen-bond donors (Lipinski definition) is 1. The van der Waals surface area contributed by atoms with Crippen molar-refractivity contribution in [2.75, 3.05) is 26.7 Å². The van der Waals surface area contributed by atoms with Gasteiger partial charge in [-0.15, -0.1) is 0 Å². The van der Waals surface area contributed by atoms with Crippen LogP contribution in [0.4, 0.5) is 0 Å². The summed E-state index contributed by atoms with van der Waals surface area (Å²) in [5, 5.41) is 7.18. The number of amides is 1. The van der Waals surface area contributed by atoms with Crippen molar-refractivity contribution in [2.45, 2.75) is 39.0 Å². The maximum Gasteiger partial charge on any atom is 0.270 e. The maximum absolute atomic E-state index is 12.4. The molecule has 0 bridgehead atoms. The average molecular weight is 330 g/mol. The summed E-state index contributed by atoms with van der Waals surface area (Å²) in [6, 6.07) is 1.82. The fraction of sp³-hybridized carbons (Fsp3) is 0.647. The number of hydrogen-bond acceptors (Lipinski definition) is 5. The van der Waals surface area contributed by atoms with Gasteiger partial charge in [-0.05, 0) is 50.8 Å². The van der Waals surface area contributed by atoms with Crippen LogP contribution < -0.4 is 5.32 Å². The Labute approximate surface area is 142 Å². The van der Waals surface area contributed by atoms with E-state index in [1.165, 1.54) is 25.7 Å². The monoisotopic (exact) mass is 330 g/mol. The third-order valence-electron chi connectivity index (χ3n) is 4.66. The molecule has 2 aromatic heterocycles. The Morgan fingerprint density at radius 2 is 2.29 bits per heavy atom. The van der Waals surface area contributed by atoms with Crippen molar-refractivity contribution in [3.05, 3.63) is 23.8 Å². The first-order valence-corrected chi connectivity index (χ1v) is 8.72. The minimum atomic E-state index is -0.133. The highest BCUT2D eigenvalue weighted by Crippen LogP contribution is 2.18. The van der Waals surface area contributed by atoms with Crippen LogP contribution in [0.2, 0.25) is 0 Å². The maximum atomic E-state index is 12.4. The predicted molar refractivity (Wildman–Crippen MR) is 92.0 cm³/mol. The molecule has 1 aliphatic rings. The Morgan fingerprint density at radius 3 is 3.04 bits per heavy atom. The lowest BCUT2D eigenvalue weighted by molar-refractivity contribution is 0.0943. The molecular formula is C17H26N6O. The standard InChI is InChI=1S/C17H26N6O/c1-12(2)15-9-14(21-17-19-11-20-23(15)17)16(24)18-7-6-13-5-4-8-22(3)10-13/h9,11-13H,4-8,10H2,1-3H3,(H,18,24). The highest BCUT2D eigenvalue weighted by atomic mass is 16.1. The molecule has 1 fully saturated rings. The van der Waals surface area contributed by atoms with Crippen LogP contribution >= 0.6 is 0 Å². The fourth-order valence-electron chi connectivity index (χ4n) is 3.35. The van der Waals surface area contributed by atoms with E-state index < -0.39 is 0 Å². The van der Waals surface area contributed by atoms with E-state index in [4.69, 9.17) is 0 Å². The normalized spacial score (nSPS) is 19.1. The molecular weight excluding hydrogens is 304 g/mol. The molecule has 130 valence electrons. The van der Waals surface area contributed by atoms with Crippen LogP contribution in [0.3, 0.4) is 0 Å². The van der Waals surface area contributed by atoms with Gasteiger partial charge in [0.2, 0.25) is 0 Å². The summed E-state index contributed by atoms with van der Waals surface area (Å²) in [6.07, 6.45) is 4.98. The van der Waals surface area contributed by atoms with E-state index in [0.717, 1.165) is 18.7 Å². The number of fused-ring (bicyclic) bond motifs is 1. The van der Waals surface area contributed by atoms with Gasteiger partial charge < -0.3 is 10.2 Å². The molecule has 1 saturated heterocycles. The van der Waals surface area contributed by atoms with Crippen molar-refractivity contribution in [2.24, 2.45) is 5.92 Å². The van der Waals surface area contributed by atoms with Gasteiger partial charge in [-0.2, -0.15) is 10.1 Å². The molecule has 7 nitrogen and oxygen atoms in total. The molecule has 7 heteroatoms. The Balaban J connectivity index is 1.63. The quantitative estimate of drug-likeness (QED) is 0.903. The first kappa shape index (κ1) is 16.8. The van der Waals surface area contributed by atoms with Crippen molar-refractivity contribution < 1.29 is 4.79 Å². The van der Waals surface area contributed by atoms with E-state index in [2.05, 4.69) is 46.2 Å². The summed E-state index contributed by atoms with van der Waals surface area (Å²) in [5.41, 5.74) is 1.36. The van der Waals surface area contributed by atoms with E-state index in [1.807, 2.05) is 6.07 Å². The minimum absolute atomic E-state index is 0.133. The van der Waals surface area contributed by atoms with Gasteiger partial charge in [-0.1, -0.05) is 13.8 Å². The number of rotatable bonds is 5. The van der Waals surface area contributed by atoms with Gasteiger partial charge in [0, 0.05) is 13.1 Å². The molecule has 1 amide bonds. The molecule has 1 N–H and O–H groups in total. The van der Waals surface area contributed by atoms with Crippen molar-refractivity contribution in [3.63, 3.8) is 0 Å². The van der Waals surface area contributed by atoms with Crippen LogP contribution in [-0.4, -0.2) is 57.1 Å². The van der Waals surface area contributed by atoms with Gasteiger partial charge in [-0.25, -0.2) is 9.50 Å². The second-order valence-corrected chi connectivity index (χ2v) is 7.01. The largest absolute Gasteiger partial charge is 0.351 e. The third kappa shape index (κ3) is 3.72. The van der Waals surface area contributed by atoms with Crippen LogP contribution in [0.1, 0.15) is 55.2 Å². The van der Waals surface area contributed by atoms with Crippen LogP contribution in [0, 0.1) is 5.92 Å². The average Bonchev–Trinajstić information content (AvgIpc) is 3.02. The van der Waals surface area contributed by atoms with Crippen LogP contribution in [0.15, 0.2) is 12.4 Å². The van der Waals surface area contributed by atoms with Gasteiger partial charge in [-0.3, -0.25) is 4.79 Å². The first-order chi connectivity index (χ1) is 11.5. The van der Waals surface area contributed by atoms with E-state index in [9.17, 15) is 4.79 Å². The van der Waals surface area contributed by atoms with Crippen molar-refractivity contribution in [3.8, 4) is 0 Å². The molecule has 0 saturated carbocycles. The molecule has 0 spiro atoms. The molecule has 3 heterocycles. The number of aromatic nitrogens is 4. The van der Waals surface area contributed by atoms with Gasteiger partial charge in [0.25, 0.3) is 11.7 Å². The second kappa shape index (κ2) is 7.25. The summed E-state index contributed by atoms with van der Waals surface area (Å²) in [7, 11) is 2.16. The zero-order valence-electron chi connectivity index (χ0n) is 14.7. The first-order valence-electron chi connectivity index (χ1n) is 8.72. The Bertz CT molecular complexity index is 710. The van der Waals surface area contributed by atoms with E-state index in [-0.39, 0.29) is 11.8 Å². The molecule has 0 aliphatic carbocycles. The smallest absolute Gasteiger partial charge is 0.270 e. The van der Waals surface area contributed by atoms with Gasteiger partial charge in [0.05, 0.1) is 5.69 Å². The summed E-state index contributed by atoms with van der Waals surface area (Å²) in [4.78, 5) is 23.3. The zero-order valence-corrected chi connectivity index (χ0v) is 14.7. The lowest BCUT2D eigenvalue weighted by Gasteiger charge is -2.29. The molecule has 0 aromatic carbocycles. The van der Waals surface area contributed by atoms with Crippen molar-refractivity contribution >= 4 is 11.7 Å². The molecule has 3 rings (SSSR count). The third-order valence-corrected chi connectivity index (χ3v) is 4.66. The summed E-state index contributed by atoms with van der Waals surface area (Å²) < 4.78 is 1.69. The lowest BCUT2D eigenvalue weighted by atomic mass is 9.95. The Hall–Kier alpha value is -2.02. The van der Waals surface area contributed by atoms with Crippen molar-refractivity contribution in [1.82, 2.24) is 29.8 Å². The van der Waals surface area contributed by atoms with Crippen LogP contribution in [0.5, 0.6) is 0 Å². The number of likely N-dealkylation sites (tertiary alicyclic amines) is 1. The summed E-state index contributed by atoms with van der Waals surface area (Å²) >= 11 is 0. The number of nitrogens with zero attached hydrogens (tertiary/aromatic N) is 5. The molecule has 1 atom stereocenters. The molecule has 2 aromatic rings. The topological polar surface area (TPSA) is 75.4 Å². The van der Waals surface area contributed by atoms with Gasteiger partial charge in [0.1, 0.15) is 12.0 Å². The van der Waals surface area contributed by atoms with Gasteiger partial charge >= 0.3 is 0 Å². The van der Waals surface area contributed by atoms with E-state index in [0.29, 0.717) is 23.9 Å². The van der Waals surface area contributed by atoms with Crippen molar-refractivity contribution in [1.29, 1.82) is 0 Å². The number of nitrogens with one attached hydrogen (secondary N) is 1. The number of carbonyl (C=O) groups excluding carboxylic acids is 1. The number of carbonyl (C=O) groups is 1. The molecule has 0 radical (unpaired) electrons. The summed E-state index contributed by atoms with van der Waals surface area (Å²) in [6.45, 7) is 7.13. The molecule has 24 heavy (non-hydrogen) atoms. The minimum Gasteiger partial charge on any atom is -0.351 e. The SMILES string of the molecule is CC(C)c1cc(C(=O)NCCC2CCCN(C)C2)nc2ncnn12. The fourth-order valence-corrected chi connectivity index (χ4v) is 3.35. The van der Waals surface area contributed by atoms with Gasteiger partial charge in [0.15, 0.2) is 0 Å². The molecule has 1 unspecified atom stereocenters. The Morgan fingerprint density at radius 1 is 1.46 bits per heavy atom. The highest BCUT2D eigenvalue weighted by Gasteiger charge is 2.18. The predicted octanol–water partition coefficient (Wildman–Crippen LogP) is 1.71. The molecule has 1 aliphatic heterocycles. The van der Waals surface area contributed by atoms with Crippen LogP contribution in [-0.2, 0) is 0 Å². The zero-order chi connectivity index (χ0) is 17.1. The van der Waals surface area contributed by atoms with Crippen LogP contribution in [0.25, 0.3) is 5.78 Å². The highest BCUT2D eigenvalue weighted by molar-refractivity contribution is 5.92. The van der Waals surface area contributed by atoms with E-state index >= 15 is 0 Å². The second-order valence-electron chi connectivity index (χ2n) is 7.01. The Kier molecular flexibility index (Phi) is 5.08.